The molecule has 5 rings (SSSR count). The van der Waals surface area contributed by atoms with Gasteiger partial charge < -0.3 is 4.57 Å². The monoisotopic (exact) mass is 541 g/mol. The van der Waals surface area contributed by atoms with Crippen molar-refractivity contribution in [3.63, 3.8) is 0 Å². The molecule has 6 nitrogen and oxygen atoms in total. The topological polar surface area (TPSA) is 76.5 Å². The van der Waals surface area contributed by atoms with Crippen molar-refractivity contribution in [3.8, 4) is 11.8 Å². The van der Waals surface area contributed by atoms with Gasteiger partial charge in [0.1, 0.15) is 11.6 Å². The second-order valence-corrected chi connectivity index (χ2v) is 9.72. The zero-order valence-corrected chi connectivity index (χ0v) is 22.0. The van der Waals surface area contributed by atoms with E-state index in [1.807, 2.05) is 54.9 Å². The Kier molecular flexibility index (Phi) is 7.26. The minimum absolute atomic E-state index is 0.203. The highest BCUT2D eigenvalue weighted by Crippen LogP contribution is 2.30. The molecule has 1 unspecified atom stereocenters. The number of imidazole rings is 1. The maximum absolute atomic E-state index is 13.8. The molecular weight excluding hydrogens is 515 g/mol. The van der Waals surface area contributed by atoms with Gasteiger partial charge in [0.05, 0.1) is 40.0 Å². The maximum atomic E-state index is 13.8. The van der Waals surface area contributed by atoms with Crippen LogP contribution in [0.25, 0.3) is 16.6 Å². The zero-order valence-electron chi connectivity index (χ0n) is 22.0. The third kappa shape index (κ3) is 5.38. The lowest BCUT2D eigenvalue weighted by Crippen LogP contribution is -2.27. The third-order valence-corrected chi connectivity index (χ3v) is 6.88. The van der Waals surface area contributed by atoms with Gasteiger partial charge in [-0.25, -0.2) is 9.97 Å². The van der Waals surface area contributed by atoms with Crippen molar-refractivity contribution in [2.75, 3.05) is 0 Å². The number of hydrogen-bond acceptors (Lipinski definition) is 4. The lowest BCUT2D eigenvalue weighted by Gasteiger charge is -2.21. The number of nitriles is 1. The summed E-state index contributed by atoms with van der Waals surface area (Å²) in [5.74, 6) is 1.09. The Bertz CT molecular complexity index is 1760. The normalized spacial score (nSPS) is 12.4. The molecular formula is C31H26F3N5O. The van der Waals surface area contributed by atoms with E-state index in [-0.39, 0.29) is 18.4 Å². The van der Waals surface area contributed by atoms with Crippen molar-refractivity contribution in [1.29, 1.82) is 5.26 Å². The van der Waals surface area contributed by atoms with Gasteiger partial charge in [0.25, 0.3) is 5.56 Å². The van der Waals surface area contributed by atoms with Crippen molar-refractivity contribution in [3.05, 3.63) is 123 Å². The van der Waals surface area contributed by atoms with Gasteiger partial charge in [-0.05, 0) is 55.8 Å². The van der Waals surface area contributed by atoms with Gasteiger partial charge in [0.2, 0.25) is 0 Å². The van der Waals surface area contributed by atoms with Gasteiger partial charge in [-0.1, -0.05) is 42.0 Å². The minimum atomic E-state index is -4.42. The fourth-order valence-electron chi connectivity index (χ4n) is 4.75. The highest BCUT2D eigenvalue weighted by atomic mass is 19.4. The van der Waals surface area contributed by atoms with Crippen LogP contribution in [0.15, 0.2) is 83.8 Å². The van der Waals surface area contributed by atoms with E-state index in [0.29, 0.717) is 45.9 Å². The Labute approximate surface area is 229 Å². The molecule has 0 amide bonds. The Morgan fingerprint density at radius 3 is 2.35 bits per heavy atom. The smallest absolute Gasteiger partial charge is 0.324 e. The average Bonchev–Trinajstić information content (AvgIpc) is 3.34. The first-order valence-corrected chi connectivity index (χ1v) is 12.8. The fraction of sp³-hybridized carbons (Fsp3) is 0.226. The number of fused-ring (bicyclic) bond motifs is 1. The average molecular weight is 542 g/mol. The standard InChI is InChI=1S/C31H26F3N5O/c1-20-9-15-25(16-10-20)39-29(37-27-8-4-3-7-26(27)30(39)40)21(2)38-19-24(6-5-17-35)36-28(38)18-22-11-13-23(14-12-22)31(32,33)34/h3-4,7-16,19,21H,5-6,18H2,1-2H3. The zero-order chi connectivity index (χ0) is 28.4. The number of rotatable bonds is 7. The van der Waals surface area contributed by atoms with E-state index in [0.717, 1.165) is 17.7 Å². The van der Waals surface area contributed by atoms with Gasteiger partial charge in [-0.2, -0.15) is 18.4 Å². The Morgan fingerprint density at radius 1 is 0.975 bits per heavy atom. The lowest BCUT2D eigenvalue weighted by atomic mass is 10.1. The summed E-state index contributed by atoms with van der Waals surface area (Å²) < 4.78 is 42.8. The van der Waals surface area contributed by atoms with Crippen LogP contribution in [0.3, 0.4) is 0 Å². The number of halogens is 3. The third-order valence-electron chi connectivity index (χ3n) is 6.88. The molecule has 0 aliphatic heterocycles. The molecule has 0 saturated heterocycles. The summed E-state index contributed by atoms with van der Waals surface area (Å²) in [6, 6.07) is 21.4. The fourth-order valence-corrected chi connectivity index (χ4v) is 4.75. The predicted octanol–water partition coefficient (Wildman–Crippen LogP) is 6.57. The molecule has 0 N–H and O–H groups in total. The molecule has 0 spiro atoms. The molecule has 202 valence electrons. The SMILES string of the molecule is Cc1ccc(-n2c(C(C)n3cc(CCC#N)nc3Cc3ccc(C(F)(F)F)cc3)nc3ccccc3c2=O)cc1. The van der Waals surface area contributed by atoms with E-state index < -0.39 is 17.8 Å². The summed E-state index contributed by atoms with van der Waals surface area (Å²) in [7, 11) is 0. The molecule has 0 bridgehead atoms. The van der Waals surface area contributed by atoms with Crippen LogP contribution < -0.4 is 5.56 Å². The summed E-state index contributed by atoms with van der Waals surface area (Å²) in [6.07, 6.45) is -1.63. The van der Waals surface area contributed by atoms with Crippen molar-refractivity contribution in [2.24, 2.45) is 0 Å². The van der Waals surface area contributed by atoms with E-state index in [1.165, 1.54) is 12.1 Å². The summed E-state index contributed by atoms with van der Waals surface area (Å²) in [5, 5.41) is 9.60. The van der Waals surface area contributed by atoms with Crippen LogP contribution in [0.1, 0.15) is 53.4 Å². The highest BCUT2D eigenvalue weighted by molar-refractivity contribution is 5.77. The number of aryl methyl sites for hydroxylation is 2. The van der Waals surface area contributed by atoms with Gasteiger partial charge >= 0.3 is 6.18 Å². The van der Waals surface area contributed by atoms with Crippen molar-refractivity contribution >= 4 is 10.9 Å². The van der Waals surface area contributed by atoms with Gasteiger partial charge in [-0.3, -0.25) is 9.36 Å². The molecule has 3 aromatic carbocycles. The molecule has 0 aliphatic rings. The summed E-state index contributed by atoms with van der Waals surface area (Å²) >= 11 is 0. The lowest BCUT2D eigenvalue weighted by molar-refractivity contribution is -0.137. The van der Waals surface area contributed by atoms with E-state index >= 15 is 0 Å². The Hall–Kier alpha value is -4.71. The number of para-hydroxylation sites is 1. The summed E-state index contributed by atoms with van der Waals surface area (Å²) in [4.78, 5) is 23.4. The first kappa shape index (κ1) is 26.9. The van der Waals surface area contributed by atoms with Crippen molar-refractivity contribution in [1.82, 2.24) is 19.1 Å². The Balaban J connectivity index is 1.64. The summed E-state index contributed by atoms with van der Waals surface area (Å²) in [6.45, 7) is 3.88. The molecule has 40 heavy (non-hydrogen) atoms. The first-order valence-electron chi connectivity index (χ1n) is 12.8. The van der Waals surface area contributed by atoms with Crippen LogP contribution in [-0.4, -0.2) is 19.1 Å². The van der Waals surface area contributed by atoms with Crippen LogP contribution in [0.5, 0.6) is 0 Å². The van der Waals surface area contributed by atoms with Gasteiger partial charge in [0.15, 0.2) is 0 Å². The van der Waals surface area contributed by atoms with Crippen LogP contribution in [0, 0.1) is 18.3 Å². The molecule has 5 aromatic rings. The van der Waals surface area contributed by atoms with E-state index in [4.69, 9.17) is 15.2 Å². The van der Waals surface area contributed by atoms with Gasteiger partial charge in [0, 0.05) is 25.5 Å². The van der Waals surface area contributed by atoms with Crippen LogP contribution >= 0.6 is 0 Å². The summed E-state index contributed by atoms with van der Waals surface area (Å²) in [5.41, 5.74) is 2.70. The second-order valence-electron chi connectivity index (χ2n) is 9.72. The van der Waals surface area contributed by atoms with Crippen molar-refractivity contribution in [2.45, 2.75) is 45.3 Å². The van der Waals surface area contributed by atoms with Crippen molar-refractivity contribution < 1.29 is 13.2 Å². The number of aromatic nitrogens is 4. The van der Waals surface area contributed by atoms with E-state index in [2.05, 4.69) is 6.07 Å². The van der Waals surface area contributed by atoms with Crippen LogP contribution in [0.2, 0.25) is 0 Å². The van der Waals surface area contributed by atoms with Crippen LogP contribution in [0.4, 0.5) is 13.2 Å². The molecule has 0 radical (unpaired) electrons. The number of nitrogens with zero attached hydrogens (tertiary/aromatic N) is 5. The highest BCUT2D eigenvalue weighted by Gasteiger charge is 2.30. The van der Waals surface area contributed by atoms with E-state index in [1.54, 1.807) is 22.8 Å². The molecule has 1 atom stereocenters. The molecule has 2 heterocycles. The molecule has 0 saturated carbocycles. The van der Waals surface area contributed by atoms with E-state index in [9.17, 15) is 18.0 Å². The molecule has 0 aliphatic carbocycles. The second kappa shape index (κ2) is 10.8. The maximum Gasteiger partial charge on any atom is 0.416 e. The van der Waals surface area contributed by atoms with Crippen LogP contribution in [-0.2, 0) is 19.0 Å². The first-order chi connectivity index (χ1) is 19.2. The number of alkyl halides is 3. The number of hydrogen-bond donors (Lipinski definition) is 0. The molecule has 2 aromatic heterocycles. The largest absolute Gasteiger partial charge is 0.416 e. The molecule has 0 fully saturated rings. The predicted molar refractivity (Wildman–Crippen MR) is 146 cm³/mol. The van der Waals surface area contributed by atoms with Gasteiger partial charge in [-0.15, -0.1) is 0 Å². The molecule has 9 heteroatoms. The quantitative estimate of drug-likeness (QED) is 0.234. The number of benzene rings is 3. The minimum Gasteiger partial charge on any atom is -0.324 e. The Morgan fingerprint density at radius 2 is 1.68 bits per heavy atom.